The number of aliphatic carboxylic acids is 2. The fourth-order valence-corrected chi connectivity index (χ4v) is 0.243. The van der Waals surface area contributed by atoms with Crippen molar-refractivity contribution in [1.82, 2.24) is 0 Å². The Labute approximate surface area is 92.7 Å². The molecule has 0 bridgehead atoms. The molecular weight excluding hydrogens is 216 g/mol. The van der Waals surface area contributed by atoms with Crippen molar-refractivity contribution in [1.29, 1.82) is 0 Å². The predicted molar refractivity (Wildman–Crippen MR) is 56.4 cm³/mol. The fourth-order valence-electron chi connectivity index (χ4n) is 0.243. The molecule has 0 aromatic heterocycles. The summed E-state index contributed by atoms with van der Waals surface area (Å²) in [5.41, 5.74) is 9.63. The standard InChI is InChI=1S/C5H12N2O.C4H4O4/c1-5(2,3-6)4(7)8;5-3(6)1-2-4(7)8/h3,6H2,1-2H3,(H2,7,8);1-2H,(H,5,6)(H,7,8)/b;2-1+. The van der Waals surface area contributed by atoms with Crippen LogP contribution in [0.1, 0.15) is 13.8 Å². The maximum absolute atomic E-state index is 10.4. The Morgan fingerprint density at radius 1 is 1.12 bits per heavy atom. The van der Waals surface area contributed by atoms with Crippen molar-refractivity contribution in [2.75, 3.05) is 6.54 Å². The molecule has 7 nitrogen and oxygen atoms in total. The minimum absolute atomic E-state index is 0.308. The van der Waals surface area contributed by atoms with Crippen molar-refractivity contribution in [2.45, 2.75) is 13.8 Å². The molecule has 0 atom stereocenters. The summed E-state index contributed by atoms with van der Waals surface area (Å²) in [6.45, 7) is 3.74. The Morgan fingerprint density at radius 3 is 1.50 bits per heavy atom. The van der Waals surface area contributed by atoms with Gasteiger partial charge in [0.1, 0.15) is 0 Å². The molecule has 0 rings (SSSR count). The van der Waals surface area contributed by atoms with Crippen LogP contribution in [-0.4, -0.2) is 34.6 Å². The van der Waals surface area contributed by atoms with Crippen LogP contribution in [0.15, 0.2) is 12.2 Å². The summed E-state index contributed by atoms with van der Waals surface area (Å²) in [7, 11) is 0. The van der Waals surface area contributed by atoms with Crippen molar-refractivity contribution < 1.29 is 24.6 Å². The zero-order valence-electron chi connectivity index (χ0n) is 9.14. The third-order valence-electron chi connectivity index (χ3n) is 1.55. The average Bonchev–Trinajstić information content (AvgIpc) is 2.15. The maximum atomic E-state index is 10.4. The number of carbonyl (C=O) groups is 3. The van der Waals surface area contributed by atoms with Crippen LogP contribution in [0.5, 0.6) is 0 Å². The number of carboxylic acids is 2. The zero-order chi connectivity index (χ0) is 13.4. The van der Waals surface area contributed by atoms with Gasteiger partial charge in [0.15, 0.2) is 0 Å². The van der Waals surface area contributed by atoms with Gasteiger partial charge in [0, 0.05) is 18.7 Å². The van der Waals surface area contributed by atoms with E-state index in [1.54, 1.807) is 13.8 Å². The topological polar surface area (TPSA) is 144 Å². The summed E-state index contributed by atoms with van der Waals surface area (Å²) in [6.07, 6.45) is 1.12. The largest absolute Gasteiger partial charge is 0.478 e. The van der Waals surface area contributed by atoms with E-state index in [1.807, 2.05) is 0 Å². The quantitative estimate of drug-likeness (QED) is 0.465. The van der Waals surface area contributed by atoms with E-state index in [2.05, 4.69) is 0 Å². The van der Waals surface area contributed by atoms with Crippen LogP contribution < -0.4 is 11.5 Å². The van der Waals surface area contributed by atoms with Crippen molar-refractivity contribution >= 4 is 17.8 Å². The van der Waals surface area contributed by atoms with Gasteiger partial charge in [-0.25, -0.2) is 9.59 Å². The molecule has 0 heterocycles. The van der Waals surface area contributed by atoms with E-state index in [0.717, 1.165) is 0 Å². The minimum Gasteiger partial charge on any atom is -0.478 e. The Kier molecular flexibility index (Phi) is 7.66. The number of rotatable bonds is 4. The molecule has 0 aromatic carbocycles. The molecule has 0 fully saturated rings. The van der Waals surface area contributed by atoms with Crippen LogP contribution in [0.4, 0.5) is 0 Å². The number of carbonyl (C=O) groups excluding carboxylic acids is 1. The van der Waals surface area contributed by atoms with Gasteiger partial charge < -0.3 is 21.7 Å². The van der Waals surface area contributed by atoms with E-state index in [0.29, 0.717) is 18.7 Å². The van der Waals surface area contributed by atoms with Gasteiger partial charge in [0.2, 0.25) is 5.91 Å². The summed E-state index contributed by atoms with van der Waals surface area (Å²) in [6, 6.07) is 0. The number of carboxylic acid groups (broad SMARTS) is 2. The smallest absolute Gasteiger partial charge is 0.328 e. The molecule has 0 saturated heterocycles. The monoisotopic (exact) mass is 232 g/mol. The lowest BCUT2D eigenvalue weighted by Gasteiger charge is -2.16. The molecule has 0 saturated carbocycles. The highest BCUT2D eigenvalue weighted by atomic mass is 16.4. The van der Waals surface area contributed by atoms with Crippen molar-refractivity contribution in [3.05, 3.63) is 12.2 Å². The predicted octanol–water partition coefficient (Wildman–Crippen LogP) is -0.832. The second-order valence-electron chi connectivity index (χ2n) is 3.46. The molecule has 92 valence electrons. The maximum Gasteiger partial charge on any atom is 0.328 e. The fraction of sp³-hybridized carbons (Fsp3) is 0.444. The normalized spacial score (nSPS) is 10.4. The first kappa shape index (κ1) is 16.5. The summed E-state index contributed by atoms with van der Waals surface area (Å²) in [4.78, 5) is 29.5. The van der Waals surface area contributed by atoms with Gasteiger partial charge in [-0.2, -0.15) is 0 Å². The molecule has 0 aromatic rings. The van der Waals surface area contributed by atoms with Crippen LogP contribution in [-0.2, 0) is 14.4 Å². The number of hydrogen-bond acceptors (Lipinski definition) is 4. The van der Waals surface area contributed by atoms with E-state index >= 15 is 0 Å². The third-order valence-corrected chi connectivity index (χ3v) is 1.55. The van der Waals surface area contributed by atoms with Crippen LogP contribution in [0.3, 0.4) is 0 Å². The zero-order valence-corrected chi connectivity index (χ0v) is 9.14. The van der Waals surface area contributed by atoms with Gasteiger partial charge in [-0.05, 0) is 13.8 Å². The Bertz CT molecular complexity index is 280. The van der Waals surface area contributed by atoms with E-state index in [9.17, 15) is 14.4 Å². The minimum atomic E-state index is -1.26. The first-order chi connectivity index (χ1) is 7.13. The highest BCUT2D eigenvalue weighted by Crippen LogP contribution is 2.09. The van der Waals surface area contributed by atoms with Crippen LogP contribution in [0.2, 0.25) is 0 Å². The molecule has 0 spiro atoms. The van der Waals surface area contributed by atoms with E-state index in [4.69, 9.17) is 21.7 Å². The van der Waals surface area contributed by atoms with Crippen molar-refractivity contribution in [2.24, 2.45) is 16.9 Å². The Hall–Kier alpha value is -1.89. The summed E-state index contributed by atoms with van der Waals surface area (Å²) in [5.74, 6) is -2.86. The Balaban J connectivity index is 0. The molecule has 7 heteroatoms. The second kappa shape index (κ2) is 7.41. The highest BCUT2D eigenvalue weighted by molar-refractivity contribution is 5.89. The van der Waals surface area contributed by atoms with Gasteiger partial charge in [-0.3, -0.25) is 4.79 Å². The molecule has 0 aliphatic carbocycles. The van der Waals surface area contributed by atoms with Gasteiger partial charge in [0.25, 0.3) is 0 Å². The van der Waals surface area contributed by atoms with Gasteiger partial charge in [0.05, 0.1) is 5.41 Å². The highest BCUT2D eigenvalue weighted by Gasteiger charge is 2.21. The molecule has 1 amide bonds. The van der Waals surface area contributed by atoms with Crippen molar-refractivity contribution in [3.8, 4) is 0 Å². The lowest BCUT2D eigenvalue weighted by molar-refractivity contribution is -0.134. The van der Waals surface area contributed by atoms with E-state index in [-0.39, 0.29) is 5.91 Å². The summed E-state index contributed by atoms with van der Waals surface area (Å²) < 4.78 is 0. The number of hydrogen-bond donors (Lipinski definition) is 4. The van der Waals surface area contributed by atoms with Gasteiger partial charge in [-0.1, -0.05) is 0 Å². The lowest BCUT2D eigenvalue weighted by atomic mass is 9.93. The molecule has 0 radical (unpaired) electrons. The molecule has 0 unspecified atom stereocenters. The number of primary amides is 1. The van der Waals surface area contributed by atoms with Crippen LogP contribution >= 0.6 is 0 Å². The first-order valence-electron chi connectivity index (χ1n) is 4.27. The molecule has 16 heavy (non-hydrogen) atoms. The molecule has 0 aliphatic heterocycles. The van der Waals surface area contributed by atoms with Crippen LogP contribution in [0.25, 0.3) is 0 Å². The summed E-state index contributed by atoms with van der Waals surface area (Å²) >= 11 is 0. The molecular formula is C9H16N2O5. The average molecular weight is 232 g/mol. The second-order valence-corrected chi connectivity index (χ2v) is 3.46. The SMILES string of the molecule is CC(C)(CN)C(N)=O.O=C(O)/C=C/C(=O)O. The van der Waals surface area contributed by atoms with Gasteiger partial charge in [-0.15, -0.1) is 0 Å². The van der Waals surface area contributed by atoms with E-state index in [1.165, 1.54) is 0 Å². The third kappa shape index (κ3) is 10.2. The van der Waals surface area contributed by atoms with Gasteiger partial charge >= 0.3 is 11.9 Å². The molecule has 6 N–H and O–H groups in total. The summed E-state index contributed by atoms with van der Waals surface area (Å²) in [5, 5.41) is 15.6. The van der Waals surface area contributed by atoms with Crippen molar-refractivity contribution in [3.63, 3.8) is 0 Å². The number of nitrogens with two attached hydrogens (primary N) is 2. The lowest BCUT2D eigenvalue weighted by Crippen LogP contribution is -2.37. The van der Waals surface area contributed by atoms with E-state index < -0.39 is 17.4 Å². The van der Waals surface area contributed by atoms with Crippen LogP contribution in [0, 0.1) is 5.41 Å². The Morgan fingerprint density at radius 2 is 1.44 bits per heavy atom. The number of amides is 1. The molecule has 0 aliphatic rings. The first-order valence-corrected chi connectivity index (χ1v) is 4.27.